The molecule has 0 saturated carbocycles. The maximum atomic E-state index is 12.5. The highest BCUT2D eigenvalue weighted by atomic mass is 32.1. The molecule has 0 spiro atoms. The average Bonchev–Trinajstić information content (AvgIpc) is 2.85. The quantitative estimate of drug-likeness (QED) is 0.917. The smallest absolute Gasteiger partial charge is 0.254 e. The van der Waals surface area contributed by atoms with Crippen molar-refractivity contribution in [3.63, 3.8) is 0 Å². The Balaban J connectivity index is 1.78. The molecule has 1 aliphatic heterocycles. The summed E-state index contributed by atoms with van der Waals surface area (Å²) in [6.45, 7) is 1.27. The second kappa shape index (κ2) is 5.13. The highest BCUT2D eigenvalue weighted by Gasteiger charge is 2.24. The molecule has 3 rings (SSSR count). The van der Waals surface area contributed by atoms with Crippen molar-refractivity contribution in [3.8, 4) is 5.75 Å². The van der Waals surface area contributed by atoms with E-state index in [-0.39, 0.29) is 5.91 Å². The van der Waals surface area contributed by atoms with Crippen LogP contribution in [0.2, 0.25) is 0 Å². The highest BCUT2D eigenvalue weighted by molar-refractivity contribution is 7.15. The lowest BCUT2D eigenvalue weighted by molar-refractivity contribution is 0.0736. The number of carbonyl (C=O) groups excluding carboxylic acids is 1. The van der Waals surface area contributed by atoms with Gasteiger partial charge in [0, 0.05) is 23.4 Å². The molecule has 2 N–H and O–H groups in total. The van der Waals surface area contributed by atoms with Crippen molar-refractivity contribution in [1.82, 2.24) is 9.88 Å². The molecule has 5 nitrogen and oxygen atoms in total. The van der Waals surface area contributed by atoms with Gasteiger partial charge in [0.05, 0.1) is 19.3 Å². The third kappa shape index (κ3) is 2.34. The molecule has 0 aliphatic carbocycles. The molecule has 1 aromatic heterocycles. The first-order valence-electron chi connectivity index (χ1n) is 6.35. The molecule has 0 fully saturated rings. The summed E-state index contributed by atoms with van der Waals surface area (Å²) >= 11 is 1.47. The summed E-state index contributed by atoms with van der Waals surface area (Å²) in [6, 6.07) is 7.18. The van der Waals surface area contributed by atoms with Gasteiger partial charge >= 0.3 is 0 Å². The van der Waals surface area contributed by atoms with Crippen LogP contribution in [0.25, 0.3) is 0 Å². The minimum atomic E-state index is 0.0327. The van der Waals surface area contributed by atoms with Gasteiger partial charge in [-0.2, -0.15) is 0 Å². The van der Waals surface area contributed by atoms with Crippen molar-refractivity contribution in [3.05, 3.63) is 40.4 Å². The molecule has 0 saturated heterocycles. The number of aromatic nitrogens is 1. The van der Waals surface area contributed by atoms with Gasteiger partial charge in [0.2, 0.25) is 0 Å². The molecular weight excluding hydrogens is 274 g/mol. The number of carbonyl (C=O) groups is 1. The predicted octanol–water partition coefficient (Wildman–Crippen LogP) is 1.93. The van der Waals surface area contributed by atoms with Crippen molar-refractivity contribution in [1.29, 1.82) is 0 Å². The Bertz CT molecular complexity index is 636. The minimum absolute atomic E-state index is 0.0327. The summed E-state index contributed by atoms with van der Waals surface area (Å²) in [4.78, 5) is 19.7. The van der Waals surface area contributed by atoms with E-state index in [9.17, 15) is 4.79 Å². The van der Waals surface area contributed by atoms with Crippen molar-refractivity contribution in [2.45, 2.75) is 13.0 Å². The van der Waals surface area contributed by atoms with E-state index in [4.69, 9.17) is 10.5 Å². The van der Waals surface area contributed by atoms with Gasteiger partial charge < -0.3 is 15.4 Å². The number of benzene rings is 1. The lowest BCUT2D eigenvalue weighted by Gasteiger charge is -2.26. The fourth-order valence-corrected chi connectivity index (χ4v) is 3.20. The first-order valence-corrected chi connectivity index (χ1v) is 7.16. The van der Waals surface area contributed by atoms with Crippen molar-refractivity contribution < 1.29 is 9.53 Å². The van der Waals surface area contributed by atoms with Crippen LogP contribution in [0.15, 0.2) is 24.3 Å². The Labute approximate surface area is 121 Å². The number of fused-ring (bicyclic) bond motifs is 1. The number of nitrogen functional groups attached to an aromatic ring is 1. The van der Waals surface area contributed by atoms with Gasteiger partial charge in [-0.15, -0.1) is 11.3 Å². The monoisotopic (exact) mass is 289 g/mol. The summed E-state index contributed by atoms with van der Waals surface area (Å²) in [5.74, 6) is 0.781. The average molecular weight is 289 g/mol. The molecule has 0 radical (unpaired) electrons. The van der Waals surface area contributed by atoms with E-state index in [2.05, 4.69) is 4.98 Å². The zero-order chi connectivity index (χ0) is 14.1. The third-order valence-corrected chi connectivity index (χ3v) is 4.28. The molecular formula is C14H15N3O2S. The topological polar surface area (TPSA) is 68.5 Å². The molecule has 1 aromatic carbocycles. The van der Waals surface area contributed by atoms with Crippen LogP contribution in [0, 0.1) is 0 Å². The fourth-order valence-electron chi connectivity index (χ4n) is 2.30. The molecule has 1 aliphatic rings. The molecule has 6 heteroatoms. The first-order chi connectivity index (χ1) is 9.67. The standard InChI is InChI=1S/C14H15N3O2S/c1-19-10-4-2-9(3-5-10)13(18)17-7-6-11-12(8-17)20-14(15)16-11/h2-5H,6-8H2,1H3,(H2,15,16). The van der Waals surface area contributed by atoms with E-state index in [0.717, 1.165) is 22.7 Å². The van der Waals surface area contributed by atoms with Gasteiger partial charge in [-0.05, 0) is 24.3 Å². The number of rotatable bonds is 2. The Hall–Kier alpha value is -2.08. The maximum absolute atomic E-state index is 12.5. The highest BCUT2D eigenvalue weighted by Crippen LogP contribution is 2.27. The summed E-state index contributed by atoms with van der Waals surface area (Å²) in [6.07, 6.45) is 0.769. The van der Waals surface area contributed by atoms with E-state index in [0.29, 0.717) is 23.8 Å². The van der Waals surface area contributed by atoms with E-state index >= 15 is 0 Å². The molecule has 0 bridgehead atoms. The van der Waals surface area contributed by atoms with E-state index in [1.54, 1.807) is 31.4 Å². The van der Waals surface area contributed by atoms with Gasteiger partial charge in [-0.25, -0.2) is 4.98 Å². The molecule has 104 valence electrons. The Morgan fingerprint density at radius 1 is 1.40 bits per heavy atom. The second-order valence-electron chi connectivity index (χ2n) is 4.63. The Morgan fingerprint density at radius 3 is 2.85 bits per heavy atom. The van der Waals surface area contributed by atoms with Gasteiger partial charge in [0.25, 0.3) is 5.91 Å². The number of nitrogens with two attached hydrogens (primary N) is 1. The molecule has 20 heavy (non-hydrogen) atoms. The third-order valence-electron chi connectivity index (χ3n) is 3.37. The molecule has 0 unspecified atom stereocenters. The van der Waals surface area contributed by atoms with Crippen LogP contribution >= 0.6 is 11.3 Å². The summed E-state index contributed by atoms with van der Waals surface area (Å²) in [5, 5.41) is 0.578. The van der Waals surface area contributed by atoms with Crippen LogP contribution in [0.1, 0.15) is 20.9 Å². The number of hydrogen-bond acceptors (Lipinski definition) is 5. The molecule has 0 atom stereocenters. The second-order valence-corrected chi connectivity index (χ2v) is 5.74. The van der Waals surface area contributed by atoms with Crippen LogP contribution in [-0.2, 0) is 13.0 Å². The van der Waals surface area contributed by atoms with Crippen molar-refractivity contribution in [2.24, 2.45) is 0 Å². The number of nitrogens with zero attached hydrogens (tertiary/aromatic N) is 2. The Morgan fingerprint density at radius 2 is 2.15 bits per heavy atom. The minimum Gasteiger partial charge on any atom is -0.497 e. The van der Waals surface area contributed by atoms with Crippen molar-refractivity contribution >= 4 is 22.4 Å². The lowest BCUT2D eigenvalue weighted by atomic mass is 10.1. The van der Waals surface area contributed by atoms with Crippen LogP contribution in [0.4, 0.5) is 5.13 Å². The van der Waals surface area contributed by atoms with Crippen LogP contribution in [-0.4, -0.2) is 29.4 Å². The molecule has 2 aromatic rings. The van der Waals surface area contributed by atoms with Gasteiger partial charge in [0.15, 0.2) is 5.13 Å². The first kappa shape index (κ1) is 12.9. The zero-order valence-electron chi connectivity index (χ0n) is 11.1. The maximum Gasteiger partial charge on any atom is 0.254 e. The van der Waals surface area contributed by atoms with E-state index < -0.39 is 0 Å². The fraction of sp³-hybridized carbons (Fsp3) is 0.286. The number of methoxy groups -OCH3 is 1. The number of thiazole rings is 1. The van der Waals surface area contributed by atoms with Gasteiger partial charge in [0.1, 0.15) is 5.75 Å². The number of amides is 1. The summed E-state index contributed by atoms with van der Waals surface area (Å²) < 4.78 is 5.10. The van der Waals surface area contributed by atoms with E-state index in [1.807, 2.05) is 4.90 Å². The Kier molecular flexibility index (Phi) is 3.31. The van der Waals surface area contributed by atoms with Crippen LogP contribution in [0.3, 0.4) is 0 Å². The van der Waals surface area contributed by atoms with Crippen molar-refractivity contribution in [2.75, 3.05) is 19.4 Å². The summed E-state index contributed by atoms with van der Waals surface area (Å²) in [5.41, 5.74) is 7.42. The summed E-state index contributed by atoms with van der Waals surface area (Å²) in [7, 11) is 1.61. The van der Waals surface area contributed by atoms with Crippen LogP contribution in [0.5, 0.6) is 5.75 Å². The molecule has 1 amide bonds. The van der Waals surface area contributed by atoms with E-state index in [1.165, 1.54) is 11.3 Å². The van der Waals surface area contributed by atoms with Crippen LogP contribution < -0.4 is 10.5 Å². The largest absolute Gasteiger partial charge is 0.497 e. The number of ether oxygens (including phenoxy) is 1. The zero-order valence-corrected chi connectivity index (χ0v) is 11.9. The SMILES string of the molecule is COc1ccc(C(=O)N2CCc3nc(N)sc3C2)cc1. The normalized spacial score (nSPS) is 13.9. The molecule has 2 heterocycles. The number of anilines is 1. The predicted molar refractivity (Wildman–Crippen MR) is 78.0 cm³/mol. The van der Waals surface area contributed by atoms with Gasteiger partial charge in [-0.1, -0.05) is 0 Å². The van der Waals surface area contributed by atoms with Gasteiger partial charge in [-0.3, -0.25) is 4.79 Å². The number of hydrogen-bond donors (Lipinski definition) is 1. The lowest BCUT2D eigenvalue weighted by Crippen LogP contribution is -2.35.